The average molecular weight is 392 g/mol. The van der Waals surface area contributed by atoms with Crippen LogP contribution in [-0.2, 0) is 19.1 Å². The highest BCUT2D eigenvalue weighted by Gasteiger charge is 2.35. The van der Waals surface area contributed by atoms with Crippen LogP contribution in [0.4, 0.5) is 0 Å². The number of ether oxygens (including phenoxy) is 3. The van der Waals surface area contributed by atoms with Crippen LogP contribution in [0, 0.1) is 5.92 Å². The van der Waals surface area contributed by atoms with Gasteiger partial charge in [-0.15, -0.1) is 0 Å². The van der Waals surface area contributed by atoms with Gasteiger partial charge in [-0.3, -0.25) is 0 Å². The highest BCUT2D eigenvalue weighted by Crippen LogP contribution is 2.35. The fourth-order valence-corrected chi connectivity index (χ4v) is 3.22. The maximum atomic E-state index is 12.4. The maximum Gasteiger partial charge on any atom is 0.336 e. The van der Waals surface area contributed by atoms with Gasteiger partial charge >= 0.3 is 11.9 Å². The van der Waals surface area contributed by atoms with Crippen LogP contribution < -0.4 is 10.1 Å². The lowest BCUT2D eigenvalue weighted by Crippen LogP contribution is -2.32. The number of allylic oxidation sites excluding steroid dienone is 3. The number of dihydropyridines is 1. The number of nitrogens with one attached hydrogen (secondary N) is 1. The Labute approximate surface area is 163 Å². The lowest BCUT2D eigenvalue weighted by atomic mass is 9.84. The minimum absolute atomic E-state index is 0.301. The van der Waals surface area contributed by atoms with E-state index in [4.69, 9.17) is 25.8 Å². The molecule has 0 amide bonds. The van der Waals surface area contributed by atoms with Crippen LogP contribution in [0.5, 0.6) is 5.75 Å². The van der Waals surface area contributed by atoms with E-state index in [1.807, 2.05) is 0 Å². The summed E-state index contributed by atoms with van der Waals surface area (Å²) in [7, 11) is 4.16. The molecule has 0 saturated heterocycles. The molecule has 6 nitrogen and oxygen atoms in total. The first-order chi connectivity index (χ1) is 12.8. The SMILES string of the molecule is COC(=O)C1=C(C)NC(C)=C(C(=O)OC)C1/C=C(/Cl)c1ccc(OC)cc1. The standard InChI is InChI=1S/C20H22ClNO5/c1-11-17(19(23)26-4)15(18(12(2)22-11)20(24)27-5)10-16(21)13-6-8-14(25-3)9-7-13/h6-10,15,22H,1-5H3/b16-10+. The fourth-order valence-electron chi connectivity index (χ4n) is 2.97. The Kier molecular flexibility index (Phi) is 6.69. The van der Waals surface area contributed by atoms with E-state index in [-0.39, 0.29) is 0 Å². The van der Waals surface area contributed by atoms with E-state index in [0.29, 0.717) is 33.3 Å². The van der Waals surface area contributed by atoms with Crippen molar-refractivity contribution < 1.29 is 23.8 Å². The lowest BCUT2D eigenvalue weighted by molar-refractivity contribution is -0.137. The van der Waals surface area contributed by atoms with Crippen molar-refractivity contribution in [2.75, 3.05) is 21.3 Å². The van der Waals surface area contributed by atoms with Crippen molar-refractivity contribution >= 4 is 28.6 Å². The summed E-state index contributed by atoms with van der Waals surface area (Å²) in [6.07, 6.45) is 1.65. The summed E-state index contributed by atoms with van der Waals surface area (Å²) < 4.78 is 15.0. The number of hydrogen-bond acceptors (Lipinski definition) is 6. The molecular formula is C20H22ClNO5. The van der Waals surface area contributed by atoms with Gasteiger partial charge in [0.25, 0.3) is 0 Å². The summed E-state index contributed by atoms with van der Waals surface area (Å²) >= 11 is 6.51. The average Bonchev–Trinajstić information content (AvgIpc) is 2.66. The first kappa shape index (κ1) is 20.6. The van der Waals surface area contributed by atoms with Crippen LogP contribution in [-0.4, -0.2) is 33.3 Å². The third-order valence-corrected chi connectivity index (χ3v) is 4.64. The third-order valence-electron chi connectivity index (χ3n) is 4.29. The molecule has 1 aromatic rings. The largest absolute Gasteiger partial charge is 0.497 e. The van der Waals surface area contributed by atoms with Crippen molar-refractivity contribution in [1.82, 2.24) is 5.32 Å². The normalized spacial score (nSPS) is 15.4. The molecule has 1 aliphatic rings. The first-order valence-electron chi connectivity index (χ1n) is 8.21. The van der Waals surface area contributed by atoms with Gasteiger partial charge in [0.2, 0.25) is 0 Å². The molecule has 0 bridgehead atoms. The number of rotatable bonds is 5. The van der Waals surface area contributed by atoms with E-state index < -0.39 is 17.9 Å². The molecule has 27 heavy (non-hydrogen) atoms. The van der Waals surface area contributed by atoms with Gasteiger partial charge in [0.15, 0.2) is 0 Å². The second kappa shape index (κ2) is 8.77. The van der Waals surface area contributed by atoms with E-state index in [1.165, 1.54) is 14.2 Å². The van der Waals surface area contributed by atoms with Crippen molar-refractivity contribution in [1.29, 1.82) is 0 Å². The van der Waals surface area contributed by atoms with Crippen LogP contribution >= 0.6 is 11.6 Å². The Morgan fingerprint density at radius 2 is 1.44 bits per heavy atom. The quantitative estimate of drug-likeness (QED) is 0.775. The van der Waals surface area contributed by atoms with E-state index in [9.17, 15) is 9.59 Å². The van der Waals surface area contributed by atoms with Crippen molar-refractivity contribution in [2.24, 2.45) is 5.92 Å². The van der Waals surface area contributed by atoms with Gasteiger partial charge in [-0.25, -0.2) is 9.59 Å². The Balaban J connectivity index is 2.57. The minimum Gasteiger partial charge on any atom is -0.497 e. The first-order valence-corrected chi connectivity index (χ1v) is 8.58. The van der Waals surface area contributed by atoms with Crippen LogP contribution in [0.15, 0.2) is 52.9 Å². The molecule has 0 unspecified atom stereocenters. The molecule has 1 N–H and O–H groups in total. The second-order valence-electron chi connectivity index (χ2n) is 5.91. The van der Waals surface area contributed by atoms with Gasteiger partial charge < -0.3 is 19.5 Å². The van der Waals surface area contributed by atoms with Gasteiger partial charge in [-0.05, 0) is 43.7 Å². The molecule has 0 fully saturated rings. The highest BCUT2D eigenvalue weighted by atomic mass is 35.5. The van der Waals surface area contributed by atoms with Gasteiger partial charge in [0, 0.05) is 22.3 Å². The maximum absolute atomic E-state index is 12.4. The van der Waals surface area contributed by atoms with Crippen LogP contribution in [0.1, 0.15) is 19.4 Å². The van der Waals surface area contributed by atoms with Crippen LogP contribution in [0.25, 0.3) is 5.03 Å². The predicted octanol–water partition coefficient (Wildman–Crippen LogP) is 3.39. The molecule has 0 atom stereocenters. The number of halogens is 1. The molecule has 0 aliphatic carbocycles. The number of carbonyl (C=O) groups is 2. The topological polar surface area (TPSA) is 73.9 Å². The monoisotopic (exact) mass is 391 g/mol. The van der Waals surface area contributed by atoms with Gasteiger partial charge in [-0.2, -0.15) is 0 Å². The zero-order valence-corrected chi connectivity index (χ0v) is 16.6. The molecule has 1 aromatic carbocycles. The number of hydrogen-bond donors (Lipinski definition) is 1. The second-order valence-corrected chi connectivity index (χ2v) is 6.31. The van der Waals surface area contributed by atoms with E-state index >= 15 is 0 Å². The van der Waals surface area contributed by atoms with Crippen molar-refractivity contribution in [2.45, 2.75) is 13.8 Å². The highest BCUT2D eigenvalue weighted by molar-refractivity contribution is 6.48. The fraction of sp³-hybridized carbons (Fsp3) is 0.300. The van der Waals surface area contributed by atoms with Crippen LogP contribution in [0.3, 0.4) is 0 Å². The molecule has 7 heteroatoms. The predicted molar refractivity (Wildman–Crippen MR) is 103 cm³/mol. The molecule has 0 radical (unpaired) electrons. The molecule has 144 valence electrons. The molecular weight excluding hydrogens is 370 g/mol. The van der Waals surface area contributed by atoms with E-state index in [0.717, 1.165) is 5.56 Å². The molecule has 1 heterocycles. The zero-order valence-electron chi connectivity index (χ0n) is 15.9. The Morgan fingerprint density at radius 1 is 0.963 bits per heavy atom. The van der Waals surface area contributed by atoms with Crippen LogP contribution in [0.2, 0.25) is 0 Å². The number of benzene rings is 1. The number of methoxy groups -OCH3 is 3. The number of carbonyl (C=O) groups excluding carboxylic acids is 2. The Bertz CT molecular complexity index is 798. The summed E-state index contributed by atoms with van der Waals surface area (Å²) in [5.41, 5.74) is 2.50. The Hall–Kier alpha value is -2.73. The zero-order chi connectivity index (χ0) is 20.1. The number of esters is 2. The van der Waals surface area contributed by atoms with E-state index in [2.05, 4.69) is 5.32 Å². The molecule has 0 saturated carbocycles. The third kappa shape index (κ3) is 4.34. The summed E-state index contributed by atoms with van der Waals surface area (Å²) in [5.74, 6) is -1.11. The van der Waals surface area contributed by atoms with E-state index in [1.54, 1.807) is 51.3 Å². The summed E-state index contributed by atoms with van der Waals surface area (Å²) in [4.78, 5) is 24.7. The summed E-state index contributed by atoms with van der Waals surface area (Å²) in [6.45, 7) is 3.48. The van der Waals surface area contributed by atoms with Gasteiger partial charge in [-0.1, -0.05) is 17.7 Å². The molecule has 0 spiro atoms. The van der Waals surface area contributed by atoms with Crippen molar-refractivity contribution in [3.8, 4) is 5.75 Å². The van der Waals surface area contributed by atoms with Crippen molar-refractivity contribution in [3.63, 3.8) is 0 Å². The van der Waals surface area contributed by atoms with Gasteiger partial charge in [0.05, 0.1) is 32.5 Å². The molecule has 0 aromatic heterocycles. The smallest absolute Gasteiger partial charge is 0.336 e. The Morgan fingerprint density at radius 3 is 1.85 bits per heavy atom. The minimum atomic E-state index is -0.708. The molecule has 1 aliphatic heterocycles. The van der Waals surface area contributed by atoms with Gasteiger partial charge in [0.1, 0.15) is 5.75 Å². The lowest BCUT2D eigenvalue weighted by Gasteiger charge is -2.28. The summed E-state index contributed by atoms with van der Waals surface area (Å²) in [6, 6.07) is 7.14. The summed E-state index contributed by atoms with van der Waals surface area (Å²) in [5, 5.41) is 3.42. The molecule has 2 rings (SSSR count). The van der Waals surface area contributed by atoms with Crippen molar-refractivity contribution in [3.05, 3.63) is 58.4 Å².